The van der Waals surface area contributed by atoms with Crippen molar-refractivity contribution in [3.8, 4) is 5.75 Å². The number of anilines is 1. The number of nitrogens with zero attached hydrogens (tertiary/aromatic N) is 2. The number of aryl methyl sites for hydroxylation is 1. The second-order valence-corrected chi connectivity index (χ2v) is 11.4. The molecule has 38 heavy (non-hydrogen) atoms. The SMILES string of the molecule is CCOc1ccccc1N(CCCC(=O)N(Cc1ccccc1C)[C@H](CC)C(=O)N[C@@H](C)CC)S(C)(=O)=O. The molecule has 0 unspecified atom stereocenters. The Kier molecular flexibility index (Phi) is 12.1. The van der Waals surface area contributed by atoms with Crippen molar-refractivity contribution in [3.05, 3.63) is 59.7 Å². The molecule has 1 N–H and O–H groups in total. The van der Waals surface area contributed by atoms with E-state index >= 15 is 0 Å². The normalized spacial score (nSPS) is 12.9. The Morgan fingerprint density at radius 1 is 1.00 bits per heavy atom. The van der Waals surface area contributed by atoms with Crippen molar-refractivity contribution < 1.29 is 22.7 Å². The lowest BCUT2D eigenvalue weighted by Crippen LogP contribution is -2.50. The quantitative estimate of drug-likeness (QED) is 0.351. The van der Waals surface area contributed by atoms with Gasteiger partial charge in [-0.05, 0) is 63.3 Å². The number of nitrogens with one attached hydrogen (secondary N) is 1. The van der Waals surface area contributed by atoms with Crippen LogP contribution in [0.2, 0.25) is 0 Å². The van der Waals surface area contributed by atoms with Gasteiger partial charge in [0.15, 0.2) is 0 Å². The molecule has 0 saturated carbocycles. The molecule has 0 spiro atoms. The molecule has 0 aliphatic heterocycles. The monoisotopic (exact) mass is 545 g/mol. The van der Waals surface area contributed by atoms with E-state index in [4.69, 9.17) is 4.74 Å². The number of carbonyl (C=O) groups is 2. The van der Waals surface area contributed by atoms with Gasteiger partial charge < -0.3 is 15.0 Å². The molecule has 2 aromatic carbocycles. The van der Waals surface area contributed by atoms with Crippen LogP contribution in [0.25, 0.3) is 0 Å². The van der Waals surface area contributed by atoms with Crippen LogP contribution in [0.1, 0.15) is 64.5 Å². The highest BCUT2D eigenvalue weighted by Gasteiger charge is 2.30. The summed E-state index contributed by atoms with van der Waals surface area (Å²) in [6.45, 7) is 10.5. The Bertz CT molecular complexity index is 1170. The van der Waals surface area contributed by atoms with Gasteiger partial charge in [-0.2, -0.15) is 0 Å². The van der Waals surface area contributed by atoms with Gasteiger partial charge in [0.05, 0.1) is 18.6 Å². The van der Waals surface area contributed by atoms with E-state index in [1.165, 1.54) is 4.31 Å². The van der Waals surface area contributed by atoms with Crippen LogP contribution >= 0.6 is 0 Å². The van der Waals surface area contributed by atoms with Gasteiger partial charge in [-0.15, -0.1) is 0 Å². The largest absolute Gasteiger partial charge is 0.492 e. The molecule has 2 atom stereocenters. The summed E-state index contributed by atoms with van der Waals surface area (Å²) in [5.41, 5.74) is 2.46. The third kappa shape index (κ3) is 8.75. The van der Waals surface area contributed by atoms with Crippen LogP contribution in [-0.4, -0.2) is 56.6 Å². The smallest absolute Gasteiger partial charge is 0.243 e. The van der Waals surface area contributed by atoms with E-state index in [0.29, 0.717) is 37.4 Å². The first-order valence-electron chi connectivity index (χ1n) is 13.4. The fraction of sp³-hybridized carbons (Fsp3) is 0.517. The zero-order valence-electron chi connectivity index (χ0n) is 23.6. The summed E-state index contributed by atoms with van der Waals surface area (Å²) in [6, 6.07) is 14.2. The highest BCUT2D eigenvalue weighted by molar-refractivity contribution is 7.92. The van der Waals surface area contributed by atoms with E-state index < -0.39 is 16.1 Å². The van der Waals surface area contributed by atoms with Crippen LogP contribution in [0.5, 0.6) is 5.75 Å². The molecular formula is C29H43N3O5S. The molecule has 2 rings (SSSR count). The predicted molar refractivity (Wildman–Crippen MR) is 153 cm³/mol. The summed E-state index contributed by atoms with van der Waals surface area (Å²) >= 11 is 0. The number of rotatable bonds is 15. The van der Waals surface area contributed by atoms with Crippen molar-refractivity contribution >= 4 is 27.5 Å². The minimum atomic E-state index is -3.62. The molecule has 0 fully saturated rings. The molecule has 8 nitrogen and oxygen atoms in total. The van der Waals surface area contributed by atoms with E-state index in [0.717, 1.165) is 23.8 Å². The van der Waals surface area contributed by atoms with Gasteiger partial charge in [0, 0.05) is 25.6 Å². The van der Waals surface area contributed by atoms with E-state index in [1.807, 2.05) is 58.9 Å². The number of sulfonamides is 1. The summed E-state index contributed by atoms with van der Waals surface area (Å²) in [5.74, 6) is 0.110. The predicted octanol–water partition coefficient (Wildman–Crippen LogP) is 4.66. The van der Waals surface area contributed by atoms with Gasteiger partial charge in [0.2, 0.25) is 21.8 Å². The maximum Gasteiger partial charge on any atom is 0.243 e. The van der Waals surface area contributed by atoms with E-state index in [-0.39, 0.29) is 30.8 Å². The first-order valence-corrected chi connectivity index (χ1v) is 15.2. The van der Waals surface area contributed by atoms with Crippen molar-refractivity contribution in [2.45, 2.75) is 78.9 Å². The Morgan fingerprint density at radius 2 is 1.66 bits per heavy atom. The number of hydrogen-bond donors (Lipinski definition) is 1. The van der Waals surface area contributed by atoms with Gasteiger partial charge in [-0.3, -0.25) is 13.9 Å². The number of para-hydroxylation sites is 2. The number of ether oxygens (including phenoxy) is 1. The molecule has 0 heterocycles. The summed E-state index contributed by atoms with van der Waals surface area (Å²) in [5, 5.41) is 3.02. The summed E-state index contributed by atoms with van der Waals surface area (Å²) in [4.78, 5) is 28.4. The standard InChI is InChI=1S/C29H43N3O5S/c1-7-23(5)30-29(34)25(8-2)31(21-24-16-11-10-15-22(24)4)28(33)19-14-20-32(38(6,35)36)26-17-12-13-18-27(26)37-9-3/h10-13,15-18,23,25H,7-9,14,19-21H2,1-6H3,(H,30,34)/t23-,25+/m0/s1. The minimum absolute atomic E-state index is 0.000639. The second-order valence-electron chi connectivity index (χ2n) is 9.53. The van der Waals surface area contributed by atoms with Crippen LogP contribution in [0.15, 0.2) is 48.5 Å². The Labute approximate surface area is 228 Å². The highest BCUT2D eigenvalue weighted by atomic mass is 32.2. The molecule has 0 aromatic heterocycles. The van der Waals surface area contributed by atoms with Gasteiger partial charge in [-0.1, -0.05) is 50.2 Å². The lowest BCUT2D eigenvalue weighted by Gasteiger charge is -2.32. The third-order valence-electron chi connectivity index (χ3n) is 6.57. The fourth-order valence-electron chi connectivity index (χ4n) is 4.25. The molecule has 0 aliphatic carbocycles. The first-order chi connectivity index (χ1) is 18.0. The summed E-state index contributed by atoms with van der Waals surface area (Å²) < 4.78 is 32.3. The maximum absolute atomic E-state index is 13.6. The van der Waals surface area contributed by atoms with Crippen LogP contribution in [0.3, 0.4) is 0 Å². The van der Waals surface area contributed by atoms with Crippen LogP contribution in [-0.2, 0) is 26.2 Å². The van der Waals surface area contributed by atoms with E-state index in [1.54, 1.807) is 29.2 Å². The van der Waals surface area contributed by atoms with Gasteiger partial charge in [-0.25, -0.2) is 8.42 Å². The number of amides is 2. The average molecular weight is 546 g/mol. The minimum Gasteiger partial charge on any atom is -0.492 e. The number of hydrogen-bond acceptors (Lipinski definition) is 5. The van der Waals surface area contributed by atoms with Crippen molar-refractivity contribution in [3.63, 3.8) is 0 Å². The van der Waals surface area contributed by atoms with Gasteiger partial charge >= 0.3 is 0 Å². The second kappa shape index (κ2) is 14.8. The van der Waals surface area contributed by atoms with Crippen molar-refractivity contribution in [2.24, 2.45) is 0 Å². The van der Waals surface area contributed by atoms with E-state index in [9.17, 15) is 18.0 Å². The Balaban J connectivity index is 2.27. The topological polar surface area (TPSA) is 96.0 Å². The number of benzene rings is 2. The molecule has 2 amide bonds. The van der Waals surface area contributed by atoms with Gasteiger partial charge in [0.25, 0.3) is 0 Å². The lowest BCUT2D eigenvalue weighted by atomic mass is 10.0. The van der Waals surface area contributed by atoms with Crippen molar-refractivity contribution in [1.82, 2.24) is 10.2 Å². The van der Waals surface area contributed by atoms with Crippen LogP contribution in [0, 0.1) is 6.92 Å². The fourth-order valence-corrected chi connectivity index (χ4v) is 5.22. The van der Waals surface area contributed by atoms with Crippen LogP contribution < -0.4 is 14.4 Å². The zero-order valence-corrected chi connectivity index (χ0v) is 24.4. The van der Waals surface area contributed by atoms with Gasteiger partial charge in [0.1, 0.15) is 11.8 Å². The van der Waals surface area contributed by atoms with E-state index in [2.05, 4.69) is 5.32 Å². The molecular weight excluding hydrogens is 502 g/mol. The first kappa shape index (κ1) is 31.1. The lowest BCUT2D eigenvalue weighted by molar-refractivity contribution is -0.141. The maximum atomic E-state index is 13.6. The van der Waals surface area contributed by atoms with Crippen LogP contribution in [0.4, 0.5) is 5.69 Å². The summed E-state index contributed by atoms with van der Waals surface area (Å²) in [6.07, 6.45) is 2.80. The molecule has 9 heteroatoms. The Morgan fingerprint density at radius 3 is 2.26 bits per heavy atom. The Hall–Kier alpha value is -3.07. The summed E-state index contributed by atoms with van der Waals surface area (Å²) in [7, 11) is -3.62. The average Bonchev–Trinajstić information content (AvgIpc) is 2.87. The molecule has 0 bridgehead atoms. The molecule has 0 saturated heterocycles. The third-order valence-corrected chi connectivity index (χ3v) is 7.75. The molecule has 2 aromatic rings. The highest BCUT2D eigenvalue weighted by Crippen LogP contribution is 2.30. The number of carbonyl (C=O) groups excluding carboxylic acids is 2. The molecule has 210 valence electrons. The molecule has 0 radical (unpaired) electrons. The zero-order chi connectivity index (χ0) is 28.3. The van der Waals surface area contributed by atoms with Crippen molar-refractivity contribution in [2.75, 3.05) is 23.7 Å². The van der Waals surface area contributed by atoms with Crippen molar-refractivity contribution in [1.29, 1.82) is 0 Å². The molecule has 0 aliphatic rings.